The highest BCUT2D eigenvalue weighted by molar-refractivity contribution is 8.00. The second-order valence-corrected chi connectivity index (χ2v) is 19.7. The van der Waals surface area contributed by atoms with E-state index >= 15 is 0 Å². The molecule has 3 heterocycles. The summed E-state index contributed by atoms with van der Waals surface area (Å²) >= 11 is 8.64. The normalized spacial score (nSPS) is 15.9. The second kappa shape index (κ2) is 22.1. The molecule has 4 amide bonds. The van der Waals surface area contributed by atoms with Crippen LogP contribution < -0.4 is 16.0 Å². The van der Waals surface area contributed by atoms with E-state index in [0.717, 1.165) is 44.7 Å². The summed E-state index contributed by atoms with van der Waals surface area (Å²) in [5, 5.41) is 14.5. The molecule has 1 unspecified atom stereocenters. The number of anilines is 1. The molecule has 0 bridgehead atoms. The fourth-order valence-corrected chi connectivity index (χ4v) is 10.5. The lowest BCUT2D eigenvalue weighted by Gasteiger charge is -2.50. The number of hydrogen-bond acceptors (Lipinski definition) is 12. The van der Waals surface area contributed by atoms with Crippen molar-refractivity contribution in [1.29, 1.82) is 0 Å². The highest BCUT2D eigenvalue weighted by Crippen LogP contribution is 2.44. The van der Waals surface area contributed by atoms with E-state index in [4.69, 9.17) is 26.5 Å². The van der Waals surface area contributed by atoms with Crippen LogP contribution in [0.2, 0.25) is 0 Å². The van der Waals surface area contributed by atoms with Gasteiger partial charge in [-0.3, -0.25) is 24.6 Å². The molecule has 16 heteroatoms. The number of carbonyl (C=O) groups excluding carboxylic acids is 4. The van der Waals surface area contributed by atoms with E-state index in [1.165, 1.54) is 11.8 Å². The molecule has 2 aliphatic rings. The minimum Gasteiger partial charge on any atom is -0.469 e. The van der Waals surface area contributed by atoms with Crippen molar-refractivity contribution in [2.75, 3.05) is 17.6 Å². The average molecular weight is 993 g/mol. The van der Waals surface area contributed by atoms with Crippen LogP contribution in [0.25, 0.3) is 0 Å². The van der Waals surface area contributed by atoms with Crippen molar-refractivity contribution < 1.29 is 33.5 Å². The van der Waals surface area contributed by atoms with Crippen LogP contribution in [0, 0.1) is 0 Å². The third kappa shape index (κ3) is 11.1. The number of hydrogen-bond donors (Lipinski definition) is 3. The number of nitrogens with one attached hydrogen (secondary N) is 3. The lowest BCUT2D eigenvalue weighted by atomic mass is 9.80. The summed E-state index contributed by atoms with van der Waals surface area (Å²) in [5.41, 5.74) is 2.87. The maximum Gasteiger partial charge on any atom is 0.413 e. The lowest BCUT2D eigenvalue weighted by Crippen LogP contribution is -2.71. The Bertz CT molecular complexity index is 2740. The Morgan fingerprint density at radius 2 is 1.34 bits per heavy atom. The topological polar surface area (TPSA) is 161 Å². The smallest absolute Gasteiger partial charge is 0.413 e. The Labute approximate surface area is 420 Å². The molecular formula is C54H52N6O7S3. The number of aromatic nitrogens is 1. The number of amides is 4. The third-order valence-electron chi connectivity index (χ3n) is 11.4. The second-order valence-electron chi connectivity index (χ2n) is 17.3. The molecule has 2 atom stereocenters. The van der Waals surface area contributed by atoms with E-state index in [1.807, 2.05) is 152 Å². The molecule has 13 nitrogen and oxygen atoms in total. The summed E-state index contributed by atoms with van der Waals surface area (Å²) < 4.78 is 12.2. The number of ether oxygens (including phenoxy) is 2. The Balaban J connectivity index is 1.14. The number of rotatable bonds is 17. The van der Waals surface area contributed by atoms with Crippen LogP contribution in [0.1, 0.15) is 80.2 Å². The molecule has 0 aliphatic carbocycles. The van der Waals surface area contributed by atoms with Crippen LogP contribution in [0.15, 0.2) is 173 Å². The van der Waals surface area contributed by atoms with Gasteiger partial charge in [0.25, 0.3) is 11.8 Å². The molecule has 5 aromatic carbocycles. The van der Waals surface area contributed by atoms with Crippen molar-refractivity contribution in [2.45, 2.75) is 69.3 Å². The van der Waals surface area contributed by atoms with Gasteiger partial charge in [-0.1, -0.05) is 164 Å². The van der Waals surface area contributed by atoms with Crippen molar-refractivity contribution in [2.24, 2.45) is 5.16 Å². The van der Waals surface area contributed by atoms with Gasteiger partial charge < -0.3 is 24.9 Å². The standard InChI is InChI=1S/C54H52N6O7S3/c1-5-42(61)55-32-31-37-33-69-49-44(48(63)60(49)45(37)50(68)65-46(35-21-11-6-12-22-35)36-23-13-7-14-24-36)57-47(62)43(41-34-70-51(56-41)58-52(64)66-53(2,3)4)59-67-54(38-25-15-8-16-26-38,39-27-17-9-18-28-39)40-29-19-10-20-30-40/h6-30,34,44,46,49H,5,31-33H2,1-4H3,(H,55,61)(H,57,62)(H,56,58,64)/b59-43-/t44?,49-/m1/s1. The molecule has 0 spiro atoms. The van der Waals surface area contributed by atoms with Crippen molar-refractivity contribution in [1.82, 2.24) is 20.5 Å². The molecular weight excluding hydrogens is 941 g/mol. The lowest BCUT2D eigenvalue weighted by molar-refractivity contribution is -0.144. The molecule has 0 radical (unpaired) electrons. The van der Waals surface area contributed by atoms with Crippen LogP contribution in [0.3, 0.4) is 0 Å². The van der Waals surface area contributed by atoms with Crippen molar-refractivity contribution in [3.63, 3.8) is 0 Å². The van der Waals surface area contributed by atoms with Crippen LogP contribution >= 0.6 is 35.3 Å². The predicted molar refractivity (Wildman–Crippen MR) is 277 cm³/mol. The summed E-state index contributed by atoms with van der Waals surface area (Å²) in [6.07, 6.45) is -0.577. The first kappa shape index (κ1) is 49.3. The molecule has 1 aromatic heterocycles. The van der Waals surface area contributed by atoms with Crippen LogP contribution in [-0.2, 0) is 34.3 Å². The third-order valence-corrected chi connectivity index (χ3v) is 13.8. The number of nitrogens with zero attached hydrogens (tertiary/aromatic N) is 3. The SMILES string of the molecule is CCC(=O)NCCC1=C(C(=S)OC(c2ccccc2)c2ccccc2)N2C(=O)C(NC(=O)/C(=N\OC(c3ccccc3)(c3ccccc3)c3ccccc3)c3csc(NC(=O)OC(C)(C)C)n3)[C@H]2SC1. The van der Waals surface area contributed by atoms with E-state index in [1.54, 1.807) is 38.0 Å². The average Bonchev–Trinajstić information content (AvgIpc) is 3.83. The summed E-state index contributed by atoms with van der Waals surface area (Å²) in [5.74, 6) is -0.828. The predicted octanol–water partition coefficient (Wildman–Crippen LogP) is 9.91. The molecule has 8 rings (SSSR count). The van der Waals surface area contributed by atoms with Gasteiger partial charge in [0, 0.05) is 40.8 Å². The Morgan fingerprint density at radius 3 is 1.86 bits per heavy atom. The first-order valence-electron chi connectivity index (χ1n) is 22.8. The highest BCUT2D eigenvalue weighted by atomic mass is 32.2. The number of thiazole rings is 1. The van der Waals surface area contributed by atoms with Gasteiger partial charge in [0.2, 0.25) is 16.6 Å². The fourth-order valence-electron chi connectivity index (χ4n) is 8.12. The molecule has 1 saturated heterocycles. The van der Waals surface area contributed by atoms with Gasteiger partial charge in [0.05, 0.1) is 5.70 Å². The fraction of sp³-hybridized carbons (Fsp3) is 0.241. The van der Waals surface area contributed by atoms with Crippen molar-refractivity contribution in [3.05, 3.63) is 202 Å². The molecule has 0 saturated carbocycles. The molecule has 358 valence electrons. The largest absolute Gasteiger partial charge is 0.469 e. The number of fused-ring (bicyclic) bond motifs is 1. The summed E-state index contributed by atoms with van der Waals surface area (Å²) in [4.78, 5) is 67.7. The Kier molecular flexibility index (Phi) is 15.5. The maximum atomic E-state index is 14.9. The molecule has 1 fully saturated rings. The molecule has 3 N–H and O–H groups in total. The van der Waals surface area contributed by atoms with Crippen LogP contribution in [0.4, 0.5) is 9.93 Å². The van der Waals surface area contributed by atoms with Gasteiger partial charge in [0.1, 0.15) is 28.8 Å². The van der Waals surface area contributed by atoms with Gasteiger partial charge in [-0.05, 0) is 56.1 Å². The monoisotopic (exact) mass is 992 g/mol. The number of β-lactam (4-membered cyclic amide) rings is 1. The summed E-state index contributed by atoms with van der Waals surface area (Å²) in [6.45, 7) is 7.36. The number of thiocarbonyl (C=S) groups is 1. The summed E-state index contributed by atoms with van der Waals surface area (Å²) in [7, 11) is 0. The van der Waals surface area contributed by atoms with Gasteiger partial charge >= 0.3 is 6.09 Å². The quantitative estimate of drug-likeness (QED) is 0.0264. The number of carbonyl (C=O) groups is 4. The number of oxime groups is 1. The van der Waals surface area contributed by atoms with Gasteiger partial charge in [-0.25, -0.2) is 9.78 Å². The minimum atomic E-state index is -1.37. The van der Waals surface area contributed by atoms with Crippen molar-refractivity contribution >= 4 is 75.0 Å². The van der Waals surface area contributed by atoms with E-state index in [2.05, 4.69) is 26.1 Å². The minimum absolute atomic E-state index is 0.0796. The zero-order chi connectivity index (χ0) is 49.3. The van der Waals surface area contributed by atoms with E-state index < -0.39 is 46.6 Å². The Morgan fingerprint density at radius 1 is 0.814 bits per heavy atom. The highest BCUT2D eigenvalue weighted by Gasteiger charge is 2.54. The van der Waals surface area contributed by atoms with Crippen molar-refractivity contribution in [3.8, 4) is 0 Å². The van der Waals surface area contributed by atoms with E-state index in [0.29, 0.717) is 30.8 Å². The van der Waals surface area contributed by atoms with E-state index in [-0.39, 0.29) is 27.5 Å². The van der Waals surface area contributed by atoms with Crippen LogP contribution in [-0.4, -0.2) is 73.8 Å². The van der Waals surface area contributed by atoms with Gasteiger partial charge in [-0.2, -0.15) is 0 Å². The molecule has 70 heavy (non-hydrogen) atoms. The van der Waals surface area contributed by atoms with Gasteiger partial charge in [-0.15, -0.1) is 23.1 Å². The molecule has 6 aromatic rings. The van der Waals surface area contributed by atoms with E-state index in [9.17, 15) is 19.2 Å². The maximum absolute atomic E-state index is 14.9. The van der Waals surface area contributed by atoms with Crippen LogP contribution in [0.5, 0.6) is 0 Å². The number of thioether (sulfide) groups is 1. The molecule has 2 aliphatic heterocycles. The first-order chi connectivity index (χ1) is 33.9. The van der Waals surface area contributed by atoms with Gasteiger partial charge in [0.15, 0.2) is 10.8 Å². The Hall–Kier alpha value is -7.14. The first-order valence-corrected chi connectivity index (χ1v) is 25.1. The zero-order valence-corrected chi connectivity index (χ0v) is 41.4. The summed E-state index contributed by atoms with van der Waals surface area (Å²) in [6, 6.07) is 47.0. The zero-order valence-electron chi connectivity index (χ0n) is 39.0. The number of benzene rings is 5.